The molecule has 5 nitrogen and oxygen atoms in total. The van der Waals surface area contributed by atoms with E-state index in [-0.39, 0.29) is 10.8 Å². The molecule has 0 saturated carbocycles. The molecule has 0 radical (unpaired) electrons. The molecule has 2 aromatic rings. The number of halogens is 1. The summed E-state index contributed by atoms with van der Waals surface area (Å²) in [6, 6.07) is 12.5. The number of benzene rings is 2. The van der Waals surface area contributed by atoms with Crippen LogP contribution in [0, 0.1) is 0 Å². The summed E-state index contributed by atoms with van der Waals surface area (Å²) in [5, 5.41) is 2.50. The summed E-state index contributed by atoms with van der Waals surface area (Å²) < 4.78 is 27.6. The number of hydrogen-bond acceptors (Lipinski definition) is 3. The smallest absolute Gasteiger partial charge is 0.261 e. The van der Waals surface area contributed by atoms with Crippen molar-refractivity contribution in [3.63, 3.8) is 0 Å². The lowest BCUT2D eigenvalue weighted by molar-refractivity contribution is 0.0963. The molecule has 0 aliphatic carbocycles. The first-order valence-corrected chi connectivity index (χ1v) is 8.30. The maximum Gasteiger partial charge on any atom is 0.261 e. The fourth-order valence-electron chi connectivity index (χ4n) is 1.66. The summed E-state index contributed by atoms with van der Waals surface area (Å²) in [5.74, 6) is -0.225. The first kappa shape index (κ1) is 15.5. The Morgan fingerprint density at radius 3 is 2.10 bits per heavy atom. The Morgan fingerprint density at radius 1 is 1.00 bits per heavy atom. The fourth-order valence-corrected chi connectivity index (χ4v) is 2.98. The van der Waals surface area contributed by atoms with Crippen molar-refractivity contribution < 1.29 is 13.2 Å². The van der Waals surface area contributed by atoms with Crippen LogP contribution in [0.5, 0.6) is 0 Å². The molecule has 2 N–H and O–H groups in total. The molecule has 0 aromatic heterocycles. The van der Waals surface area contributed by atoms with E-state index < -0.39 is 10.0 Å². The van der Waals surface area contributed by atoms with Crippen molar-refractivity contribution in [2.24, 2.45) is 0 Å². The zero-order chi connectivity index (χ0) is 15.5. The third kappa shape index (κ3) is 3.83. The van der Waals surface area contributed by atoms with Crippen LogP contribution in [0.15, 0.2) is 57.9 Å². The van der Waals surface area contributed by atoms with E-state index in [4.69, 9.17) is 0 Å². The number of anilines is 1. The monoisotopic (exact) mass is 368 g/mol. The second kappa shape index (κ2) is 6.28. The largest absolute Gasteiger partial charge is 0.355 e. The van der Waals surface area contributed by atoms with Gasteiger partial charge >= 0.3 is 0 Å². The maximum atomic E-state index is 12.2. The van der Waals surface area contributed by atoms with Crippen molar-refractivity contribution in [1.29, 1.82) is 0 Å². The van der Waals surface area contributed by atoms with E-state index >= 15 is 0 Å². The minimum Gasteiger partial charge on any atom is -0.355 e. The van der Waals surface area contributed by atoms with Gasteiger partial charge in [0.1, 0.15) is 0 Å². The van der Waals surface area contributed by atoms with Gasteiger partial charge in [-0.3, -0.25) is 9.52 Å². The predicted molar refractivity (Wildman–Crippen MR) is 84.8 cm³/mol. The summed E-state index contributed by atoms with van der Waals surface area (Å²) in [6.07, 6.45) is 0. The Labute approximate surface area is 131 Å². The second-order valence-electron chi connectivity index (χ2n) is 4.22. The maximum absolute atomic E-state index is 12.2. The quantitative estimate of drug-likeness (QED) is 0.870. The molecule has 0 saturated heterocycles. The second-order valence-corrected chi connectivity index (χ2v) is 6.81. The van der Waals surface area contributed by atoms with E-state index in [0.29, 0.717) is 11.3 Å². The average Bonchev–Trinajstić information content (AvgIpc) is 2.47. The van der Waals surface area contributed by atoms with Gasteiger partial charge in [-0.05, 0) is 48.5 Å². The molecule has 0 spiro atoms. The first-order chi connectivity index (χ1) is 9.92. The van der Waals surface area contributed by atoms with E-state index in [2.05, 4.69) is 26.0 Å². The first-order valence-electron chi connectivity index (χ1n) is 6.03. The van der Waals surface area contributed by atoms with Gasteiger partial charge in [-0.25, -0.2) is 8.42 Å². The lowest BCUT2D eigenvalue weighted by Gasteiger charge is -2.08. The van der Waals surface area contributed by atoms with Crippen molar-refractivity contribution >= 4 is 37.5 Å². The van der Waals surface area contributed by atoms with Gasteiger partial charge in [0, 0.05) is 22.8 Å². The van der Waals surface area contributed by atoms with Crippen molar-refractivity contribution in [3.8, 4) is 0 Å². The molecule has 2 aromatic carbocycles. The van der Waals surface area contributed by atoms with E-state index in [9.17, 15) is 13.2 Å². The van der Waals surface area contributed by atoms with E-state index in [1.807, 2.05) is 0 Å². The Balaban J connectivity index is 2.20. The average molecular weight is 369 g/mol. The Morgan fingerprint density at radius 2 is 1.57 bits per heavy atom. The number of nitrogens with one attached hydrogen (secondary N) is 2. The number of rotatable bonds is 4. The van der Waals surface area contributed by atoms with Crippen LogP contribution in [0.4, 0.5) is 5.69 Å². The predicted octanol–water partition coefficient (Wildman–Crippen LogP) is 2.61. The zero-order valence-corrected chi connectivity index (χ0v) is 13.5. The number of hydrogen-bond donors (Lipinski definition) is 2. The molecule has 0 atom stereocenters. The van der Waals surface area contributed by atoms with Gasteiger partial charge in [-0.1, -0.05) is 15.9 Å². The SMILES string of the molecule is CNC(=O)c1ccc(NS(=O)(=O)c2ccc(Br)cc2)cc1. The Bertz CT molecular complexity index is 741. The molecule has 2 rings (SSSR count). The highest BCUT2D eigenvalue weighted by Crippen LogP contribution is 2.18. The molecule has 7 heteroatoms. The van der Waals surface area contributed by atoms with Gasteiger partial charge in [0.15, 0.2) is 0 Å². The van der Waals surface area contributed by atoms with Crippen molar-refractivity contribution in [1.82, 2.24) is 5.32 Å². The van der Waals surface area contributed by atoms with Gasteiger partial charge in [-0.2, -0.15) is 0 Å². The van der Waals surface area contributed by atoms with Gasteiger partial charge in [-0.15, -0.1) is 0 Å². The molecule has 0 heterocycles. The number of carbonyl (C=O) groups is 1. The molecular formula is C14H13BrN2O3S. The molecule has 0 bridgehead atoms. The van der Waals surface area contributed by atoms with E-state index in [1.54, 1.807) is 36.4 Å². The Hall–Kier alpha value is -1.86. The minimum absolute atomic E-state index is 0.168. The van der Waals surface area contributed by atoms with Crippen molar-refractivity contribution in [3.05, 3.63) is 58.6 Å². The Kier molecular flexibility index (Phi) is 4.64. The molecule has 0 unspecified atom stereocenters. The van der Waals surface area contributed by atoms with E-state index in [1.165, 1.54) is 19.2 Å². The molecule has 1 amide bonds. The van der Waals surface area contributed by atoms with Gasteiger partial charge < -0.3 is 5.32 Å². The summed E-state index contributed by atoms with van der Waals surface area (Å²) in [5.41, 5.74) is 0.856. The highest BCUT2D eigenvalue weighted by molar-refractivity contribution is 9.10. The number of sulfonamides is 1. The van der Waals surface area contributed by atoms with Gasteiger partial charge in [0.2, 0.25) is 0 Å². The van der Waals surface area contributed by atoms with Gasteiger partial charge in [0.25, 0.3) is 15.9 Å². The third-order valence-electron chi connectivity index (χ3n) is 2.75. The summed E-state index contributed by atoms with van der Waals surface area (Å²) in [6.45, 7) is 0. The fraction of sp³-hybridized carbons (Fsp3) is 0.0714. The van der Waals surface area contributed by atoms with Crippen LogP contribution >= 0.6 is 15.9 Å². The van der Waals surface area contributed by atoms with Crippen LogP contribution < -0.4 is 10.0 Å². The van der Waals surface area contributed by atoms with Crippen LogP contribution in [0.25, 0.3) is 0 Å². The lowest BCUT2D eigenvalue weighted by Crippen LogP contribution is -2.18. The van der Waals surface area contributed by atoms with Crippen LogP contribution in [-0.4, -0.2) is 21.4 Å². The highest BCUT2D eigenvalue weighted by Gasteiger charge is 2.14. The molecule has 21 heavy (non-hydrogen) atoms. The van der Waals surface area contributed by atoms with E-state index in [0.717, 1.165) is 4.47 Å². The summed E-state index contributed by atoms with van der Waals surface area (Å²) in [7, 11) is -2.11. The molecule has 0 aliphatic rings. The van der Waals surface area contributed by atoms with Crippen LogP contribution in [0.1, 0.15) is 10.4 Å². The minimum atomic E-state index is -3.64. The van der Waals surface area contributed by atoms with Crippen LogP contribution in [0.3, 0.4) is 0 Å². The van der Waals surface area contributed by atoms with Crippen molar-refractivity contribution in [2.45, 2.75) is 4.90 Å². The van der Waals surface area contributed by atoms with Gasteiger partial charge in [0.05, 0.1) is 4.90 Å². The topological polar surface area (TPSA) is 75.3 Å². The molecule has 0 fully saturated rings. The molecule has 110 valence electrons. The summed E-state index contributed by atoms with van der Waals surface area (Å²) in [4.78, 5) is 11.6. The molecular weight excluding hydrogens is 356 g/mol. The van der Waals surface area contributed by atoms with Crippen LogP contribution in [-0.2, 0) is 10.0 Å². The number of amides is 1. The lowest BCUT2D eigenvalue weighted by atomic mass is 10.2. The number of carbonyl (C=O) groups excluding carboxylic acids is 1. The molecule has 0 aliphatic heterocycles. The van der Waals surface area contributed by atoms with Crippen LogP contribution in [0.2, 0.25) is 0 Å². The third-order valence-corrected chi connectivity index (χ3v) is 4.68. The standard InChI is InChI=1S/C14H13BrN2O3S/c1-16-14(18)10-2-6-12(7-3-10)17-21(19,20)13-8-4-11(15)5-9-13/h2-9,17H,1H3,(H,16,18). The normalized spacial score (nSPS) is 11.0. The zero-order valence-electron chi connectivity index (χ0n) is 11.1. The highest BCUT2D eigenvalue weighted by atomic mass is 79.9. The summed E-state index contributed by atoms with van der Waals surface area (Å²) >= 11 is 3.25. The van der Waals surface area contributed by atoms with Crippen molar-refractivity contribution in [2.75, 3.05) is 11.8 Å².